The summed E-state index contributed by atoms with van der Waals surface area (Å²) in [5, 5.41) is 13.8. The number of anilines is 1. The van der Waals surface area contributed by atoms with Gasteiger partial charge in [0, 0.05) is 30.4 Å². The molecule has 0 saturated heterocycles. The van der Waals surface area contributed by atoms with Crippen LogP contribution in [0.5, 0.6) is 0 Å². The summed E-state index contributed by atoms with van der Waals surface area (Å²) < 4.78 is 25.5. The van der Waals surface area contributed by atoms with Crippen LogP contribution in [-0.2, 0) is 24.4 Å². The van der Waals surface area contributed by atoms with E-state index in [4.69, 9.17) is 0 Å². The molecule has 1 aromatic carbocycles. The number of carbonyl (C=O) groups is 3. The molecule has 25 heavy (non-hydrogen) atoms. The number of sulfonamides is 1. The smallest absolute Gasteiger partial charge is 0.264 e. The van der Waals surface area contributed by atoms with E-state index < -0.39 is 39.6 Å². The Bertz CT molecular complexity index is 772. The van der Waals surface area contributed by atoms with Crippen molar-refractivity contribution in [3.63, 3.8) is 0 Å². The maximum Gasteiger partial charge on any atom is 0.264 e. The molecular weight excluding hydrogens is 348 g/mol. The van der Waals surface area contributed by atoms with Crippen LogP contribution in [0.3, 0.4) is 0 Å². The first-order valence-corrected chi connectivity index (χ1v) is 9.34. The van der Waals surface area contributed by atoms with Crippen molar-refractivity contribution in [3.8, 4) is 0 Å². The highest BCUT2D eigenvalue weighted by Gasteiger charge is 2.31. The maximum absolute atomic E-state index is 12.3. The van der Waals surface area contributed by atoms with Gasteiger partial charge in [0.15, 0.2) is 0 Å². The molecule has 2 amide bonds. The lowest BCUT2D eigenvalue weighted by molar-refractivity contribution is -0.313. The Morgan fingerprint density at radius 3 is 2.12 bits per heavy atom. The van der Waals surface area contributed by atoms with Crippen LogP contribution in [0.4, 0.5) is 5.69 Å². The third-order valence-electron chi connectivity index (χ3n) is 4.12. The van der Waals surface area contributed by atoms with Crippen LogP contribution in [-0.4, -0.2) is 26.2 Å². The lowest BCUT2D eigenvalue weighted by Crippen LogP contribution is -2.42. The van der Waals surface area contributed by atoms with Gasteiger partial charge in [-0.15, -0.1) is 0 Å². The molecule has 2 unspecified atom stereocenters. The van der Waals surface area contributed by atoms with E-state index in [1.54, 1.807) is 0 Å². The average Bonchev–Trinajstić information content (AvgIpc) is 2.54. The average molecular weight is 367 g/mol. The number of nitrogens with one attached hydrogen (secondary N) is 2. The molecule has 1 aliphatic carbocycles. The minimum atomic E-state index is -3.94. The zero-order valence-corrected chi connectivity index (χ0v) is 14.5. The summed E-state index contributed by atoms with van der Waals surface area (Å²) in [5.74, 6) is -3.83. The van der Waals surface area contributed by atoms with Crippen LogP contribution in [0.15, 0.2) is 29.2 Å². The zero-order valence-electron chi connectivity index (χ0n) is 13.7. The second-order valence-electron chi connectivity index (χ2n) is 5.99. The van der Waals surface area contributed by atoms with Crippen molar-refractivity contribution in [3.05, 3.63) is 24.3 Å². The molecule has 1 fully saturated rings. The van der Waals surface area contributed by atoms with Gasteiger partial charge in [0.25, 0.3) is 10.0 Å². The van der Waals surface area contributed by atoms with E-state index >= 15 is 0 Å². The van der Waals surface area contributed by atoms with Crippen LogP contribution in [0, 0.1) is 11.8 Å². The van der Waals surface area contributed by atoms with E-state index in [1.807, 2.05) is 4.72 Å². The van der Waals surface area contributed by atoms with Gasteiger partial charge >= 0.3 is 0 Å². The summed E-state index contributed by atoms with van der Waals surface area (Å²) in [6.07, 6.45) is 2.40. The fourth-order valence-corrected chi connectivity index (χ4v) is 3.92. The van der Waals surface area contributed by atoms with E-state index in [0.717, 1.165) is 19.8 Å². The lowest BCUT2D eigenvalue weighted by Gasteiger charge is -2.31. The minimum absolute atomic E-state index is 0.119. The molecule has 8 nitrogen and oxygen atoms in total. The number of aliphatic carboxylic acids is 1. The summed E-state index contributed by atoms with van der Waals surface area (Å²) >= 11 is 0. The summed E-state index contributed by atoms with van der Waals surface area (Å²) in [5.41, 5.74) is 0.342. The molecular formula is C16H19N2O6S-. The highest BCUT2D eigenvalue weighted by atomic mass is 32.2. The van der Waals surface area contributed by atoms with Crippen LogP contribution in [0.1, 0.15) is 32.6 Å². The Hall–Kier alpha value is -2.42. The zero-order chi connectivity index (χ0) is 18.6. The first kappa shape index (κ1) is 18.9. The van der Waals surface area contributed by atoms with Gasteiger partial charge in [-0.3, -0.25) is 9.59 Å². The highest BCUT2D eigenvalue weighted by Crippen LogP contribution is 2.30. The van der Waals surface area contributed by atoms with Crippen molar-refractivity contribution in [1.29, 1.82) is 0 Å². The van der Waals surface area contributed by atoms with Crippen molar-refractivity contribution in [2.45, 2.75) is 37.5 Å². The van der Waals surface area contributed by atoms with Gasteiger partial charge in [-0.2, -0.15) is 0 Å². The number of hydrogen-bond donors (Lipinski definition) is 2. The molecule has 136 valence electrons. The van der Waals surface area contributed by atoms with Gasteiger partial charge in [-0.05, 0) is 37.1 Å². The lowest BCUT2D eigenvalue weighted by atomic mass is 9.78. The van der Waals surface area contributed by atoms with E-state index in [9.17, 15) is 27.9 Å². The standard InChI is InChI=1S/C16H20N2O6S/c1-10(19)18-25(23,24)12-8-6-11(7-9-12)17-15(20)13-4-2-3-5-14(13)16(21)22/h6-9,13-14H,2-5H2,1H3,(H,17,20)(H,18,19)(H,21,22)/p-1. The SMILES string of the molecule is CC(=O)NS(=O)(=O)c1ccc(NC(=O)C2CCCCC2C(=O)[O-])cc1. The largest absolute Gasteiger partial charge is 0.550 e. The molecule has 0 radical (unpaired) electrons. The minimum Gasteiger partial charge on any atom is -0.550 e. The van der Waals surface area contributed by atoms with Crippen molar-refractivity contribution >= 4 is 33.5 Å². The van der Waals surface area contributed by atoms with E-state index in [0.29, 0.717) is 18.5 Å². The summed E-state index contributed by atoms with van der Waals surface area (Å²) in [6, 6.07) is 5.25. The highest BCUT2D eigenvalue weighted by molar-refractivity contribution is 7.90. The van der Waals surface area contributed by atoms with Gasteiger partial charge in [-0.1, -0.05) is 12.8 Å². The van der Waals surface area contributed by atoms with Crippen molar-refractivity contribution in [1.82, 2.24) is 4.72 Å². The topological polar surface area (TPSA) is 132 Å². The predicted octanol–water partition coefficient (Wildman–Crippen LogP) is 0.00620. The van der Waals surface area contributed by atoms with Crippen molar-refractivity contribution in [2.24, 2.45) is 11.8 Å². The van der Waals surface area contributed by atoms with Gasteiger partial charge < -0.3 is 15.2 Å². The number of carboxylic acid groups (broad SMARTS) is 1. The Morgan fingerprint density at radius 2 is 1.60 bits per heavy atom. The number of rotatable bonds is 5. The van der Waals surface area contributed by atoms with Gasteiger partial charge in [0.05, 0.1) is 4.90 Å². The summed E-state index contributed by atoms with van der Waals surface area (Å²) in [4.78, 5) is 34.3. The number of amides is 2. The molecule has 2 rings (SSSR count). The second-order valence-corrected chi connectivity index (χ2v) is 7.67. The monoisotopic (exact) mass is 367 g/mol. The predicted molar refractivity (Wildman–Crippen MR) is 86.5 cm³/mol. The Labute approximate surface area is 145 Å². The number of carboxylic acids is 1. The molecule has 1 saturated carbocycles. The first-order valence-electron chi connectivity index (χ1n) is 7.86. The quantitative estimate of drug-likeness (QED) is 0.753. The Morgan fingerprint density at radius 1 is 1.04 bits per heavy atom. The van der Waals surface area contributed by atoms with Crippen LogP contribution in [0.2, 0.25) is 0 Å². The molecule has 9 heteroatoms. The first-order chi connectivity index (χ1) is 11.7. The molecule has 2 N–H and O–H groups in total. The molecule has 0 aromatic heterocycles. The number of benzene rings is 1. The van der Waals surface area contributed by atoms with Crippen LogP contribution < -0.4 is 15.1 Å². The van der Waals surface area contributed by atoms with Gasteiger partial charge in [-0.25, -0.2) is 13.1 Å². The molecule has 0 aliphatic heterocycles. The third-order valence-corrected chi connectivity index (χ3v) is 5.56. The van der Waals surface area contributed by atoms with Crippen molar-refractivity contribution < 1.29 is 27.9 Å². The second kappa shape index (κ2) is 7.64. The maximum atomic E-state index is 12.3. The fourth-order valence-electron chi connectivity index (χ4n) is 2.93. The van der Waals surface area contributed by atoms with Crippen molar-refractivity contribution in [2.75, 3.05) is 5.32 Å². The van der Waals surface area contributed by atoms with E-state index in [1.165, 1.54) is 24.3 Å². The summed E-state index contributed by atoms with van der Waals surface area (Å²) in [7, 11) is -3.94. The normalized spacial score (nSPS) is 20.5. The van der Waals surface area contributed by atoms with Crippen LogP contribution in [0.25, 0.3) is 0 Å². The Balaban J connectivity index is 2.09. The molecule has 0 spiro atoms. The van der Waals surface area contributed by atoms with Gasteiger partial charge in [0.2, 0.25) is 11.8 Å². The molecule has 0 heterocycles. The molecule has 1 aliphatic rings. The van der Waals surface area contributed by atoms with E-state index in [-0.39, 0.29) is 4.90 Å². The Kier molecular flexibility index (Phi) is 5.78. The molecule has 2 atom stereocenters. The number of hydrogen-bond acceptors (Lipinski definition) is 6. The third kappa shape index (κ3) is 4.79. The molecule has 1 aromatic rings. The summed E-state index contributed by atoms with van der Waals surface area (Å²) in [6.45, 7) is 1.09. The van der Waals surface area contributed by atoms with E-state index in [2.05, 4.69) is 5.32 Å². The number of carbonyl (C=O) groups excluding carboxylic acids is 3. The fraction of sp³-hybridized carbons (Fsp3) is 0.438. The molecule has 0 bridgehead atoms. The van der Waals surface area contributed by atoms with Gasteiger partial charge in [0.1, 0.15) is 0 Å². The van der Waals surface area contributed by atoms with Crippen LogP contribution >= 0.6 is 0 Å².